The maximum Gasteiger partial charge on any atom is 0.343 e. The van der Waals surface area contributed by atoms with Crippen LogP contribution in [0.1, 0.15) is 31.5 Å². The standard InChI is InChI=1S/C13H13F2N5OS/c1-6(2)18-12-10-8(5-17-13(20-10)22(3)21)7(4-16)9(19-12)11(14)15/h5-6,11H,1-3H3,(H,18,19). The number of halogens is 2. The second-order valence-electron chi connectivity index (χ2n) is 4.80. The molecule has 2 aromatic rings. The lowest BCUT2D eigenvalue weighted by Gasteiger charge is -2.14. The summed E-state index contributed by atoms with van der Waals surface area (Å²) in [5, 5.41) is 12.3. The Morgan fingerprint density at radius 3 is 2.55 bits per heavy atom. The third kappa shape index (κ3) is 3.08. The first-order chi connectivity index (χ1) is 10.3. The summed E-state index contributed by atoms with van der Waals surface area (Å²) < 4.78 is 37.8. The van der Waals surface area contributed by atoms with E-state index in [0.29, 0.717) is 0 Å². The molecule has 0 amide bonds. The molecule has 22 heavy (non-hydrogen) atoms. The van der Waals surface area contributed by atoms with Crippen molar-refractivity contribution in [2.75, 3.05) is 11.6 Å². The largest absolute Gasteiger partial charge is 0.609 e. The van der Waals surface area contributed by atoms with Gasteiger partial charge in [-0.1, -0.05) is 0 Å². The number of rotatable bonds is 4. The molecule has 0 saturated carbocycles. The third-order valence-corrected chi connectivity index (χ3v) is 3.46. The Kier molecular flexibility index (Phi) is 4.73. The zero-order valence-corrected chi connectivity index (χ0v) is 12.9. The number of aromatic nitrogens is 3. The molecular weight excluding hydrogens is 312 g/mol. The maximum absolute atomic E-state index is 13.1. The van der Waals surface area contributed by atoms with E-state index in [1.54, 1.807) is 6.07 Å². The summed E-state index contributed by atoms with van der Waals surface area (Å²) in [6.07, 6.45) is -0.258. The predicted molar refractivity (Wildman–Crippen MR) is 78.1 cm³/mol. The van der Waals surface area contributed by atoms with E-state index in [1.165, 1.54) is 12.5 Å². The molecule has 6 nitrogen and oxygen atoms in total. The van der Waals surface area contributed by atoms with Crippen LogP contribution in [0.5, 0.6) is 0 Å². The van der Waals surface area contributed by atoms with Crippen molar-refractivity contribution >= 4 is 27.9 Å². The van der Waals surface area contributed by atoms with E-state index in [1.807, 2.05) is 13.8 Å². The summed E-state index contributed by atoms with van der Waals surface area (Å²) in [7, 11) is 0. The van der Waals surface area contributed by atoms with E-state index in [0.717, 1.165) is 0 Å². The number of nitrogens with one attached hydrogen (secondary N) is 1. The van der Waals surface area contributed by atoms with Gasteiger partial charge in [-0.3, -0.25) is 0 Å². The highest BCUT2D eigenvalue weighted by molar-refractivity contribution is 7.90. The number of pyridine rings is 1. The molecule has 1 N–H and O–H groups in total. The monoisotopic (exact) mass is 325 g/mol. The molecule has 1 unspecified atom stereocenters. The van der Waals surface area contributed by atoms with Crippen molar-refractivity contribution in [3.05, 3.63) is 17.5 Å². The molecule has 0 bridgehead atoms. The van der Waals surface area contributed by atoms with Crippen LogP contribution in [-0.4, -0.2) is 31.8 Å². The average molecular weight is 325 g/mol. The van der Waals surface area contributed by atoms with Gasteiger partial charge in [0, 0.05) is 28.8 Å². The van der Waals surface area contributed by atoms with E-state index in [2.05, 4.69) is 20.3 Å². The molecule has 0 aromatic carbocycles. The van der Waals surface area contributed by atoms with Gasteiger partial charge < -0.3 is 9.87 Å². The first kappa shape index (κ1) is 16.3. The molecule has 0 radical (unpaired) electrons. The highest BCUT2D eigenvalue weighted by atomic mass is 32.2. The lowest BCUT2D eigenvalue weighted by atomic mass is 10.1. The Morgan fingerprint density at radius 1 is 1.36 bits per heavy atom. The summed E-state index contributed by atoms with van der Waals surface area (Å²) in [6.45, 7) is 3.63. The number of nitriles is 1. The number of nitrogens with zero attached hydrogens (tertiary/aromatic N) is 4. The zero-order valence-electron chi connectivity index (χ0n) is 12.1. The molecule has 0 aliphatic carbocycles. The molecule has 2 aromatic heterocycles. The van der Waals surface area contributed by atoms with Crippen molar-refractivity contribution in [3.63, 3.8) is 0 Å². The van der Waals surface area contributed by atoms with Crippen LogP contribution in [0.25, 0.3) is 10.9 Å². The van der Waals surface area contributed by atoms with Gasteiger partial charge in [-0.05, 0) is 13.8 Å². The highest BCUT2D eigenvalue weighted by Crippen LogP contribution is 2.31. The molecule has 0 spiro atoms. The van der Waals surface area contributed by atoms with Gasteiger partial charge >= 0.3 is 5.16 Å². The van der Waals surface area contributed by atoms with Crippen molar-refractivity contribution in [2.24, 2.45) is 0 Å². The Morgan fingerprint density at radius 2 is 2.05 bits per heavy atom. The summed E-state index contributed by atoms with van der Waals surface area (Å²) in [5.74, 6) is 0.119. The van der Waals surface area contributed by atoms with Crippen LogP contribution in [0.3, 0.4) is 0 Å². The fourth-order valence-electron chi connectivity index (χ4n) is 1.88. The second kappa shape index (κ2) is 6.37. The molecule has 2 heterocycles. The Labute approximate surface area is 128 Å². The number of hydrogen-bond acceptors (Lipinski definition) is 6. The van der Waals surface area contributed by atoms with Gasteiger partial charge in [0.1, 0.15) is 23.5 Å². The predicted octanol–water partition coefficient (Wildman–Crippen LogP) is 2.39. The van der Waals surface area contributed by atoms with Gasteiger partial charge in [0.25, 0.3) is 6.43 Å². The Balaban J connectivity index is 2.83. The van der Waals surface area contributed by atoms with E-state index >= 15 is 0 Å². The minimum Gasteiger partial charge on any atom is -0.609 e. The number of anilines is 1. The van der Waals surface area contributed by atoms with Crippen LogP contribution in [0, 0.1) is 11.3 Å². The summed E-state index contributed by atoms with van der Waals surface area (Å²) >= 11 is -1.44. The van der Waals surface area contributed by atoms with Gasteiger partial charge in [0.2, 0.25) is 0 Å². The van der Waals surface area contributed by atoms with Crippen molar-refractivity contribution in [1.29, 1.82) is 5.26 Å². The Bertz CT molecular complexity index is 745. The van der Waals surface area contributed by atoms with Crippen molar-refractivity contribution in [3.8, 4) is 6.07 Å². The van der Waals surface area contributed by atoms with Crippen LogP contribution in [0.4, 0.5) is 14.6 Å². The fourth-order valence-corrected chi connectivity index (χ4v) is 2.31. The molecule has 0 aliphatic heterocycles. The second-order valence-corrected chi connectivity index (χ2v) is 6.07. The third-order valence-electron chi connectivity index (χ3n) is 2.75. The quantitative estimate of drug-likeness (QED) is 0.684. The molecule has 0 aliphatic rings. The first-order valence-electron chi connectivity index (χ1n) is 6.34. The fraction of sp³-hybridized carbons (Fsp3) is 0.385. The average Bonchev–Trinajstić information content (AvgIpc) is 2.45. The zero-order chi connectivity index (χ0) is 16.4. The summed E-state index contributed by atoms with van der Waals surface area (Å²) in [5.41, 5.74) is -0.685. The number of alkyl halides is 2. The molecule has 0 fully saturated rings. The molecule has 0 saturated heterocycles. The van der Waals surface area contributed by atoms with Crippen LogP contribution in [0.2, 0.25) is 0 Å². The molecule has 9 heteroatoms. The maximum atomic E-state index is 13.1. The van der Waals surface area contributed by atoms with E-state index in [9.17, 15) is 13.3 Å². The van der Waals surface area contributed by atoms with Crippen molar-refractivity contribution in [1.82, 2.24) is 15.0 Å². The van der Waals surface area contributed by atoms with Gasteiger partial charge in [0.05, 0.1) is 5.56 Å². The summed E-state index contributed by atoms with van der Waals surface area (Å²) in [4.78, 5) is 11.8. The molecule has 116 valence electrons. The van der Waals surface area contributed by atoms with Gasteiger partial charge in [-0.2, -0.15) is 15.2 Å². The van der Waals surface area contributed by atoms with E-state index in [-0.39, 0.29) is 33.5 Å². The minimum atomic E-state index is -2.90. The van der Waals surface area contributed by atoms with Crippen LogP contribution < -0.4 is 5.32 Å². The van der Waals surface area contributed by atoms with Crippen molar-refractivity contribution < 1.29 is 13.3 Å². The van der Waals surface area contributed by atoms with E-state index in [4.69, 9.17) is 5.26 Å². The topological polar surface area (TPSA) is 97.5 Å². The molecule has 2 rings (SSSR count). The van der Waals surface area contributed by atoms with Crippen LogP contribution in [-0.2, 0) is 11.2 Å². The normalized spacial score (nSPS) is 12.7. The highest BCUT2D eigenvalue weighted by Gasteiger charge is 2.23. The number of fused-ring (bicyclic) bond motifs is 1. The molecular formula is C13H13F2N5OS. The minimum absolute atomic E-state index is 0.0507. The smallest absolute Gasteiger partial charge is 0.343 e. The van der Waals surface area contributed by atoms with E-state index < -0.39 is 23.3 Å². The SMILES string of the molecule is CC(C)Nc1nc(C(F)F)c(C#N)c2cnc([S+](C)[O-])nc12. The lowest BCUT2D eigenvalue weighted by molar-refractivity contribution is 0.146. The van der Waals surface area contributed by atoms with Crippen molar-refractivity contribution in [2.45, 2.75) is 31.5 Å². The molecule has 1 atom stereocenters. The van der Waals surface area contributed by atoms with Crippen LogP contribution >= 0.6 is 0 Å². The van der Waals surface area contributed by atoms with Gasteiger partial charge in [-0.15, -0.1) is 0 Å². The summed E-state index contributed by atoms with van der Waals surface area (Å²) in [6, 6.07) is 1.64. The van der Waals surface area contributed by atoms with Crippen LogP contribution in [0.15, 0.2) is 11.4 Å². The number of hydrogen-bond donors (Lipinski definition) is 1. The van der Waals surface area contributed by atoms with Gasteiger partial charge in [0.15, 0.2) is 5.82 Å². The first-order valence-corrected chi connectivity index (χ1v) is 7.89. The Hall–Kier alpha value is -2.05. The van der Waals surface area contributed by atoms with Gasteiger partial charge in [-0.25, -0.2) is 13.8 Å². The lowest BCUT2D eigenvalue weighted by Crippen LogP contribution is -2.15.